The van der Waals surface area contributed by atoms with Crippen LogP contribution in [0, 0.1) is 23.2 Å². The van der Waals surface area contributed by atoms with Crippen LogP contribution in [0.2, 0.25) is 0 Å². The highest BCUT2D eigenvalue weighted by atomic mass is 16.2. The Balaban J connectivity index is 1.53. The van der Waals surface area contributed by atoms with Crippen molar-refractivity contribution < 1.29 is 9.59 Å². The van der Waals surface area contributed by atoms with Gasteiger partial charge in [-0.2, -0.15) is 10.2 Å². The van der Waals surface area contributed by atoms with Crippen molar-refractivity contribution in [3.05, 3.63) is 53.7 Å². The fourth-order valence-electron chi connectivity index (χ4n) is 3.99. The lowest BCUT2D eigenvalue weighted by atomic mass is 10.2. The number of hydrogen-bond donors (Lipinski definition) is 2. The molecular weight excluding hydrogens is 504 g/mol. The molecule has 3 rings (SSSR count). The molecule has 1 saturated heterocycles. The molecule has 10 nitrogen and oxygen atoms in total. The predicted molar refractivity (Wildman–Crippen MR) is 157 cm³/mol. The fourth-order valence-corrected chi connectivity index (χ4v) is 3.99. The third-order valence-electron chi connectivity index (χ3n) is 6.48. The van der Waals surface area contributed by atoms with Crippen LogP contribution in [0.25, 0.3) is 0 Å². The fraction of sp³-hybridized carbons (Fsp3) is 0.433. The summed E-state index contributed by atoms with van der Waals surface area (Å²) in [6.45, 7) is 4.70. The summed E-state index contributed by atoms with van der Waals surface area (Å²) in [5.41, 5.74) is 2.17. The first-order valence-corrected chi connectivity index (χ1v) is 13.5. The Hall–Kier alpha value is -4.41. The number of likely N-dealkylation sites (N-methyl/N-ethyl adjacent to an activating group) is 2. The maximum absolute atomic E-state index is 12.5. The second-order valence-electron chi connectivity index (χ2n) is 9.93. The molecule has 2 heterocycles. The Kier molecular flexibility index (Phi) is 11.5. The Labute approximate surface area is 237 Å². The molecular formula is C30H38N8O2. The number of nitrogens with zero attached hydrogens (tertiary/aromatic N) is 6. The highest BCUT2D eigenvalue weighted by Crippen LogP contribution is 2.24. The molecule has 2 aromatic rings. The second kappa shape index (κ2) is 15.2. The summed E-state index contributed by atoms with van der Waals surface area (Å²) in [4.78, 5) is 39.6. The van der Waals surface area contributed by atoms with E-state index in [9.17, 15) is 9.59 Å². The van der Waals surface area contributed by atoms with Crippen molar-refractivity contribution in [3.63, 3.8) is 0 Å². The number of anilines is 3. The summed E-state index contributed by atoms with van der Waals surface area (Å²) in [5.74, 6) is 7.29. The minimum atomic E-state index is -0.570. The molecule has 2 N–H and O–H groups in total. The average Bonchev–Trinajstić information content (AvgIpc) is 3.49. The van der Waals surface area contributed by atoms with Gasteiger partial charge in [0.25, 0.3) is 0 Å². The minimum absolute atomic E-state index is 0.195. The van der Waals surface area contributed by atoms with E-state index in [1.807, 2.05) is 31.1 Å². The summed E-state index contributed by atoms with van der Waals surface area (Å²) < 4.78 is 0. The summed E-state index contributed by atoms with van der Waals surface area (Å²) >= 11 is 0. The van der Waals surface area contributed by atoms with Gasteiger partial charge in [-0.3, -0.25) is 9.59 Å². The molecule has 40 heavy (non-hydrogen) atoms. The number of hydrogen-bond acceptors (Lipinski definition) is 8. The SMILES string of the molecule is CC(C(=O)NCCCC#Cc1cnc(Nc2ccc(C#N)cc2)nc1N1CCCC1)N(C)C(=O)C=CCN(C)C. The lowest BCUT2D eigenvalue weighted by molar-refractivity contribution is -0.135. The van der Waals surface area contributed by atoms with Crippen molar-refractivity contribution in [1.29, 1.82) is 5.26 Å². The van der Waals surface area contributed by atoms with Gasteiger partial charge in [0, 0.05) is 51.4 Å². The topological polar surface area (TPSA) is 117 Å². The minimum Gasteiger partial charge on any atom is -0.355 e. The van der Waals surface area contributed by atoms with Gasteiger partial charge in [0.05, 0.1) is 23.4 Å². The number of rotatable bonds is 11. The maximum Gasteiger partial charge on any atom is 0.246 e. The zero-order valence-electron chi connectivity index (χ0n) is 23.8. The normalized spacial score (nSPS) is 13.4. The summed E-state index contributed by atoms with van der Waals surface area (Å²) in [6, 6.07) is 8.68. The van der Waals surface area contributed by atoms with Crippen molar-refractivity contribution in [2.75, 3.05) is 57.5 Å². The molecule has 1 aromatic carbocycles. The van der Waals surface area contributed by atoms with Gasteiger partial charge in [0.15, 0.2) is 0 Å². The third-order valence-corrected chi connectivity index (χ3v) is 6.48. The van der Waals surface area contributed by atoms with E-state index in [0.29, 0.717) is 37.4 Å². The molecule has 0 spiro atoms. The van der Waals surface area contributed by atoms with Crippen molar-refractivity contribution in [2.45, 2.75) is 38.6 Å². The first-order valence-electron chi connectivity index (χ1n) is 13.5. The third kappa shape index (κ3) is 9.11. The summed E-state index contributed by atoms with van der Waals surface area (Å²) in [6.07, 6.45) is 8.52. The van der Waals surface area contributed by atoms with Crippen LogP contribution in [0.4, 0.5) is 17.5 Å². The molecule has 210 valence electrons. The molecule has 2 amide bonds. The van der Waals surface area contributed by atoms with Crippen LogP contribution < -0.4 is 15.5 Å². The number of amides is 2. The molecule has 1 aliphatic heterocycles. The van der Waals surface area contributed by atoms with E-state index in [-0.39, 0.29) is 11.8 Å². The molecule has 1 fully saturated rings. The molecule has 1 atom stereocenters. The van der Waals surface area contributed by atoms with Crippen molar-refractivity contribution in [3.8, 4) is 17.9 Å². The van der Waals surface area contributed by atoms with Crippen LogP contribution in [-0.2, 0) is 9.59 Å². The molecule has 10 heteroatoms. The number of carbonyl (C=O) groups excluding carboxylic acids is 2. The van der Waals surface area contributed by atoms with Gasteiger partial charge in [-0.1, -0.05) is 17.9 Å². The second-order valence-corrected chi connectivity index (χ2v) is 9.93. The van der Waals surface area contributed by atoms with Crippen LogP contribution in [0.3, 0.4) is 0 Å². The van der Waals surface area contributed by atoms with E-state index >= 15 is 0 Å². The first-order chi connectivity index (χ1) is 19.3. The Morgan fingerprint density at radius 3 is 2.58 bits per heavy atom. The Bertz CT molecular complexity index is 1280. The van der Waals surface area contributed by atoms with Crippen LogP contribution in [-0.4, -0.2) is 84.9 Å². The maximum atomic E-state index is 12.5. The van der Waals surface area contributed by atoms with Crippen molar-refractivity contribution in [1.82, 2.24) is 25.1 Å². The smallest absolute Gasteiger partial charge is 0.246 e. The van der Waals surface area contributed by atoms with Crippen molar-refractivity contribution >= 4 is 29.3 Å². The molecule has 1 aromatic heterocycles. The molecule has 1 aliphatic rings. The van der Waals surface area contributed by atoms with Crippen LogP contribution in [0.1, 0.15) is 43.7 Å². The highest BCUT2D eigenvalue weighted by Gasteiger charge is 2.20. The molecule has 1 unspecified atom stereocenters. The zero-order chi connectivity index (χ0) is 28.9. The summed E-state index contributed by atoms with van der Waals surface area (Å²) in [5, 5.41) is 15.1. The van der Waals surface area contributed by atoms with E-state index in [0.717, 1.165) is 43.0 Å². The van der Waals surface area contributed by atoms with Gasteiger partial charge in [-0.15, -0.1) is 0 Å². The average molecular weight is 543 g/mol. The van der Waals surface area contributed by atoms with Crippen LogP contribution >= 0.6 is 0 Å². The number of carbonyl (C=O) groups is 2. The number of nitrogens with one attached hydrogen (secondary N) is 2. The number of nitriles is 1. The van der Waals surface area contributed by atoms with E-state index in [1.54, 1.807) is 38.4 Å². The van der Waals surface area contributed by atoms with Crippen LogP contribution in [0.15, 0.2) is 42.6 Å². The van der Waals surface area contributed by atoms with Crippen molar-refractivity contribution in [2.24, 2.45) is 0 Å². The Morgan fingerprint density at radius 1 is 1.18 bits per heavy atom. The quantitative estimate of drug-likeness (QED) is 0.253. The number of unbranched alkanes of at least 4 members (excludes halogenated alkanes) is 1. The van der Waals surface area contributed by atoms with Gasteiger partial charge in [-0.05, 0) is 64.5 Å². The molecule has 0 aliphatic carbocycles. The van der Waals surface area contributed by atoms with Crippen LogP contribution in [0.5, 0.6) is 0 Å². The Morgan fingerprint density at radius 2 is 1.90 bits per heavy atom. The molecule has 0 radical (unpaired) electrons. The zero-order valence-corrected chi connectivity index (χ0v) is 23.8. The standard InChI is InChI=1S/C30H38N8O2/c1-23(37(4)27(39)12-10-18-36(2)3)29(40)32-17-7-5-6-11-25-22-33-30(35-28(25)38-19-8-9-20-38)34-26-15-13-24(21-31)14-16-26/h10,12-16,22-23H,5,7-9,17-20H2,1-4H3,(H,32,40)(H,33,34,35). The van der Waals surface area contributed by atoms with E-state index in [4.69, 9.17) is 10.2 Å². The van der Waals surface area contributed by atoms with Gasteiger partial charge >= 0.3 is 0 Å². The van der Waals surface area contributed by atoms with Gasteiger partial charge in [0.2, 0.25) is 17.8 Å². The number of benzene rings is 1. The van der Waals surface area contributed by atoms with Gasteiger partial charge in [0.1, 0.15) is 11.9 Å². The predicted octanol–water partition coefficient (Wildman–Crippen LogP) is 2.90. The lowest BCUT2D eigenvalue weighted by Crippen LogP contribution is -2.45. The monoisotopic (exact) mass is 542 g/mol. The lowest BCUT2D eigenvalue weighted by Gasteiger charge is -2.23. The largest absolute Gasteiger partial charge is 0.355 e. The van der Waals surface area contributed by atoms with E-state index in [1.165, 1.54) is 11.0 Å². The molecule has 0 bridgehead atoms. The van der Waals surface area contributed by atoms with Gasteiger partial charge < -0.3 is 25.3 Å². The summed E-state index contributed by atoms with van der Waals surface area (Å²) in [7, 11) is 5.48. The highest BCUT2D eigenvalue weighted by molar-refractivity contribution is 5.92. The molecule has 0 saturated carbocycles. The first kappa shape index (κ1) is 30.1. The number of aromatic nitrogens is 2. The van der Waals surface area contributed by atoms with E-state index in [2.05, 4.69) is 38.4 Å². The van der Waals surface area contributed by atoms with E-state index < -0.39 is 6.04 Å². The van der Waals surface area contributed by atoms with Gasteiger partial charge in [-0.25, -0.2) is 4.98 Å².